The van der Waals surface area contributed by atoms with Crippen molar-refractivity contribution in [3.63, 3.8) is 0 Å². The van der Waals surface area contributed by atoms with Gasteiger partial charge in [0.25, 0.3) is 0 Å². The van der Waals surface area contributed by atoms with Gasteiger partial charge >= 0.3 is 6.61 Å². The molecule has 2 fully saturated rings. The second kappa shape index (κ2) is 7.26. The van der Waals surface area contributed by atoms with Gasteiger partial charge in [0, 0.05) is 30.5 Å². The summed E-state index contributed by atoms with van der Waals surface area (Å²) in [4.78, 5) is 11.0. The van der Waals surface area contributed by atoms with Crippen LogP contribution in [-0.4, -0.2) is 56.9 Å². The Morgan fingerprint density at radius 3 is 2.96 bits per heavy atom. The van der Waals surface area contributed by atoms with E-state index < -0.39 is 6.61 Å². The highest BCUT2D eigenvalue weighted by atomic mass is 19.3. The summed E-state index contributed by atoms with van der Waals surface area (Å²) in [6, 6.07) is 2.42. The van der Waals surface area contributed by atoms with Gasteiger partial charge in [-0.3, -0.25) is 9.88 Å². The number of alkyl halides is 2. The van der Waals surface area contributed by atoms with Crippen molar-refractivity contribution in [2.45, 2.75) is 51.0 Å². The van der Waals surface area contributed by atoms with Crippen LogP contribution in [0.2, 0.25) is 0 Å². The minimum absolute atomic E-state index is 0.0969. The van der Waals surface area contributed by atoms with Crippen molar-refractivity contribution in [2.24, 2.45) is 5.92 Å². The molecule has 0 aliphatic carbocycles. The summed E-state index contributed by atoms with van der Waals surface area (Å²) in [6.07, 6.45) is 6.57. The molecular formula is C17H22F2N6O2. The fourth-order valence-electron chi connectivity index (χ4n) is 4.12. The number of rotatable bonds is 6. The molecular weight excluding hydrogens is 358 g/mol. The van der Waals surface area contributed by atoms with Gasteiger partial charge in [-0.2, -0.15) is 18.9 Å². The molecule has 0 amide bonds. The molecule has 0 radical (unpaired) electrons. The van der Waals surface area contributed by atoms with E-state index in [0.717, 1.165) is 6.42 Å². The number of ether oxygens (including phenoxy) is 2. The fraction of sp³-hybridized carbons (Fsp3) is 0.588. The average molecular weight is 380 g/mol. The molecule has 2 aromatic heterocycles. The summed E-state index contributed by atoms with van der Waals surface area (Å²) in [5.41, 5.74) is 0. The van der Waals surface area contributed by atoms with Crippen molar-refractivity contribution in [2.75, 3.05) is 12.4 Å². The van der Waals surface area contributed by atoms with Gasteiger partial charge in [0.05, 0.1) is 12.4 Å². The zero-order valence-corrected chi connectivity index (χ0v) is 15.1. The highest BCUT2D eigenvalue weighted by Gasteiger charge is 2.44. The van der Waals surface area contributed by atoms with Crippen LogP contribution in [0.15, 0.2) is 18.5 Å². The third-order valence-corrected chi connectivity index (χ3v) is 5.50. The second-order valence-electron chi connectivity index (χ2n) is 7.08. The van der Waals surface area contributed by atoms with Crippen LogP contribution in [-0.2, 0) is 0 Å². The summed E-state index contributed by atoms with van der Waals surface area (Å²) in [5.74, 6) is 1.41. The van der Waals surface area contributed by atoms with Crippen molar-refractivity contribution >= 4 is 11.6 Å². The van der Waals surface area contributed by atoms with Crippen LogP contribution >= 0.6 is 0 Å². The molecule has 2 aliphatic rings. The molecule has 2 aliphatic heterocycles. The first-order valence-corrected chi connectivity index (χ1v) is 8.97. The normalized spacial score (nSPS) is 27.7. The van der Waals surface area contributed by atoms with Crippen molar-refractivity contribution in [1.82, 2.24) is 25.1 Å². The van der Waals surface area contributed by atoms with Gasteiger partial charge in [-0.15, -0.1) is 0 Å². The van der Waals surface area contributed by atoms with E-state index in [4.69, 9.17) is 4.74 Å². The Labute approximate surface area is 155 Å². The first kappa shape index (κ1) is 17.9. The van der Waals surface area contributed by atoms with E-state index in [0.29, 0.717) is 35.5 Å². The Balaban J connectivity index is 1.41. The quantitative estimate of drug-likeness (QED) is 0.797. The maximum atomic E-state index is 12.2. The highest BCUT2D eigenvalue weighted by Crippen LogP contribution is 2.39. The largest absolute Gasteiger partial charge is 0.473 e. The van der Waals surface area contributed by atoms with E-state index in [1.165, 1.54) is 25.1 Å². The molecule has 2 saturated heterocycles. The van der Waals surface area contributed by atoms with Crippen molar-refractivity contribution in [3.05, 3.63) is 18.5 Å². The van der Waals surface area contributed by atoms with Crippen molar-refractivity contribution in [3.8, 4) is 11.8 Å². The summed E-state index contributed by atoms with van der Waals surface area (Å²) in [5, 5.41) is 9.11. The SMILES string of the molecule is C[C@@H]1[C@H](Oc2cncc(Nc3cc(OC(F)F)[nH]n3)n2)C[C@H]2CC[C@@H]1N2C. The van der Waals surface area contributed by atoms with Crippen molar-refractivity contribution in [1.29, 1.82) is 0 Å². The third-order valence-electron chi connectivity index (χ3n) is 5.50. The summed E-state index contributed by atoms with van der Waals surface area (Å²) < 4.78 is 34.8. The highest BCUT2D eigenvalue weighted by molar-refractivity contribution is 5.52. The smallest absolute Gasteiger partial charge is 0.388 e. The Morgan fingerprint density at radius 2 is 2.15 bits per heavy atom. The van der Waals surface area contributed by atoms with E-state index in [-0.39, 0.29) is 12.0 Å². The third kappa shape index (κ3) is 3.80. The number of hydrogen-bond donors (Lipinski definition) is 2. The lowest BCUT2D eigenvalue weighted by Crippen LogP contribution is -2.49. The maximum Gasteiger partial charge on any atom is 0.388 e. The molecule has 27 heavy (non-hydrogen) atoms. The standard InChI is InChI=1S/C17H22F2N6O2/c1-9-11-4-3-10(25(11)2)5-12(9)26-16-8-20-7-14(22-16)21-13-6-15(24-23-13)27-17(18)19/h6-12,17H,3-5H2,1-2H3,(H2,21,22,23,24)/t9-,10+,11-,12+/m0/s1. The van der Waals surface area contributed by atoms with Gasteiger partial charge in [-0.05, 0) is 19.9 Å². The molecule has 2 bridgehead atoms. The van der Waals surface area contributed by atoms with Crippen LogP contribution < -0.4 is 14.8 Å². The fourth-order valence-corrected chi connectivity index (χ4v) is 4.12. The zero-order chi connectivity index (χ0) is 19.0. The number of fused-ring (bicyclic) bond motifs is 2. The van der Waals surface area contributed by atoms with E-state index >= 15 is 0 Å². The number of hydrogen-bond acceptors (Lipinski definition) is 7. The van der Waals surface area contributed by atoms with Gasteiger partial charge in [0.1, 0.15) is 6.10 Å². The van der Waals surface area contributed by atoms with Crippen LogP contribution in [0.1, 0.15) is 26.2 Å². The molecule has 4 rings (SSSR count). The lowest BCUT2D eigenvalue weighted by molar-refractivity contribution is -0.0528. The molecule has 0 saturated carbocycles. The number of anilines is 2. The first-order valence-electron chi connectivity index (χ1n) is 8.97. The van der Waals surface area contributed by atoms with Gasteiger partial charge in [-0.25, -0.2) is 5.10 Å². The van der Waals surface area contributed by atoms with Gasteiger partial charge in [-0.1, -0.05) is 6.92 Å². The van der Waals surface area contributed by atoms with E-state index in [2.05, 4.69) is 49.1 Å². The van der Waals surface area contributed by atoms with Gasteiger partial charge in [0.2, 0.25) is 11.8 Å². The molecule has 0 spiro atoms. The molecule has 10 heteroatoms. The molecule has 0 unspecified atom stereocenters. The van der Waals surface area contributed by atoms with E-state index in [9.17, 15) is 8.78 Å². The molecule has 2 N–H and O–H groups in total. The maximum absolute atomic E-state index is 12.2. The monoisotopic (exact) mass is 380 g/mol. The van der Waals surface area contributed by atoms with Crippen LogP contribution in [0.25, 0.3) is 0 Å². The van der Waals surface area contributed by atoms with Crippen LogP contribution in [0, 0.1) is 5.92 Å². The number of H-pyrrole nitrogens is 1. The van der Waals surface area contributed by atoms with Crippen LogP contribution in [0.3, 0.4) is 0 Å². The number of aromatic nitrogens is 4. The van der Waals surface area contributed by atoms with Crippen LogP contribution in [0.4, 0.5) is 20.4 Å². The Bertz CT molecular complexity index is 788. The molecule has 0 aromatic carbocycles. The predicted octanol–water partition coefficient (Wildman–Crippen LogP) is 2.79. The summed E-state index contributed by atoms with van der Waals surface area (Å²) >= 11 is 0. The Morgan fingerprint density at radius 1 is 1.30 bits per heavy atom. The topological polar surface area (TPSA) is 88.2 Å². The average Bonchev–Trinajstić information content (AvgIpc) is 3.15. The Kier molecular flexibility index (Phi) is 4.81. The first-order chi connectivity index (χ1) is 13.0. The van der Waals surface area contributed by atoms with Gasteiger partial charge < -0.3 is 14.8 Å². The number of piperidine rings is 1. The summed E-state index contributed by atoms with van der Waals surface area (Å²) in [6.45, 7) is -0.696. The number of halogens is 2. The molecule has 2 aromatic rings. The molecule has 4 atom stereocenters. The minimum Gasteiger partial charge on any atom is -0.473 e. The van der Waals surface area contributed by atoms with E-state index in [1.807, 2.05) is 0 Å². The Hall–Kier alpha value is -2.49. The summed E-state index contributed by atoms with van der Waals surface area (Å²) in [7, 11) is 2.19. The lowest BCUT2D eigenvalue weighted by Gasteiger charge is -2.41. The number of nitrogens with zero attached hydrogens (tertiary/aromatic N) is 4. The van der Waals surface area contributed by atoms with Crippen LogP contribution in [0.5, 0.6) is 11.8 Å². The number of aromatic amines is 1. The predicted molar refractivity (Wildman–Crippen MR) is 93.3 cm³/mol. The van der Waals surface area contributed by atoms with Gasteiger partial charge in [0.15, 0.2) is 11.6 Å². The molecule has 146 valence electrons. The second-order valence-corrected chi connectivity index (χ2v) is 7.08. The lowest BCUT2D eigenvalue weighted by atomic mass is 9.89. The zero-order valence-electron chi connectivity index (χ0n) is 15.1. The van der Waals surface area contributed by atoms with E-state index in [1.54, 1.807) is 6.20 Å². The minimum atomic E-state index is -2.92. The number of nitrogens with one attached hydrogen (secondary N) is 2. The van der Waals surface area contributed by atoms with Crippen molar-refractivity contribution < 1.29 is 18.3 Å². The molecule has 8 nitrogen and oxygen atoms in total. The molecule has 4 heterocycles.